The summed E-state index contributed by atoms with van der Waals surface area (Å²) < 4.78 is 0. The highest BCUT2D eigenvalue weighted by molar-refractivity contribution is 8.19. The molecule has 1 fully saturated rings. The van der Waals surface area contributed by atoms with Gasteiger partial charge in [0.2, 0.25) is 5.13 Å². The van der Waals surface area contributed by atoms with Gasteiger partial charge >= 0.3 is 0 Å². The molecule has 1 amide bonds. The number of carbonyl (C=O) groups excluding carboxylic acids is 1. The Morgan fingerprint density at radius 1 is 1.04 bits per heavy atom. The second-order valence-electron chi connectivity index (χ2n) is 6.00. The molecule has 0 aliphatic carbocycles. The highest BCUT2D eigenvalue weighted by Crippen LogP contribution is 2.37. The van der Waals surface area contributed by atoms with E-state index in [0.29, 0.717) is 15.2 Å². The first kappa shape index (κ1) is 17.6. The lowest BCUT2D eigenvalue weighted by Crippen LogP contribution is -2.28. The van der Waals surface area contributed by atoms with Crippen molar-refractivity contribution < 1.29 is 4.79 Å². The monoisotopic (exact) mass is 392 g/mol. The molecule has 5 nitrogen and oxygen atoms in total. The molecule has 2 aromatic carbocycles. The first-order valence-electron chi connectivity index (χ1n) is 8.35. The van der Waals surface area contributed by atoms with Crippen molar-refractivity contribution in [2.75, 3.05) is 4.90 Å². The Balaban J connectivity index is 1.77. The average Bonchev–Trinajstić information content (AvgIpc) is 3.19. The van der Waals surface area contributed by atoms with E-state index in [2.05, 4.69) is 21.3 Å². The van der Waals surface area contributed by atoms with Crippen LogP contribution in [0, 0.1) is 13.8 Å². The lowest BCUT2D eigenvalue weighted by atomic mass is 10.1. The van der Waals surface area contributed by atoms with Gasteiger partial charge in [0.1, 0.15) is 5.01 Å². The van der Waals surface area contributed by atoms with Gasteiger partial charge in [0.05, 0.1) is 10.6 Å². The lowest BCUT2D eigenvalue weighted by Gasteiger charge is -2.14. The van der Waals surface area contributed by atoms with E-state index in [1.165, 1.54) is 23.1 Å². The molecule has 1 saturated heterocycles. The van der Waals surface area contributed by atoms with Gasteiger partial charge in [-0.25, -0.2) is 0 Å². The molecule has 0 unspecified atom stereocenters. The maximum atomic E-state index is 13.1. The number of aliphatic imine (C=N–C) groups is 1. The van der Waals surface area contributed by atoms with Crippen LogP contribution in [0.1, 0.15) is 16.1 Å². The van der Waals surface area contributed by atoms with Crippen molar-refractivity contribution in [1.29, 1.82) is 0 Å². The molecule has 0 N–H and O–H groups in total. The van der Waals surface area contributed by atoms with Crippen LogP contribution in [0.2, 0.25) is 0 Å². The topological polar surface area (TPSA) is 58.5 Å². The van der Waals surface area contributed by atoms with Gasteiger partial charge < -0.3 is 0 Å². The number of hydrogen-bond acceptors (Lipinski definition) is 6. The van der Waals surface area contributed by atoms with E-state index in [9.17, 15) is 4.79 Å². The van der Waals surface area contributed by atoms with E-state index in [1.54, 1.807) is 4.90 Å². The molecule has 4 rings (SSSR count). The molecule has 27 heavy (non-hydrogen) atoms. The fourth-order valence-electron chi connectivity index (χ4n) is 2.68. The fourth-order valence-corrected chi connectivity index (χ4v) is 4.28. The van der Waals surface area contributed by atoms with Crippen molar-refractivity contribution in [2.24, 2.45) is 4.99 Å². The number of benzene rings is 2. The predicted octanol–water partition coefficient (Wildman–Crippen LogP) is 4.96. The summed E-state index contributed by atoms with van der Waals surface area (Å²) in [6.45, 7) is 3.92. The summed E-state index contributed by atoms with van der Waals surface area (Å²) >= 11 is 2.75. The van der Waals surface area contributed by atoms with E-state index in [-0.39, 0.29) is 5.91 Å². The molecule has 0 radical (unpaired) electrons. The van der Waals surface area contributed by atoms with Crippen molar-refractivity contribution in [3.8, 4) is 0 Å². The number of hydrogen-bond donors (Lipinski definition) is 0. The molecular weight excluding hydrogens is 376 g/mol. The minimum atomic E-state index is -0.0901. The third-order valence-corrected chi connectivity index (χ3v) is 5.57. The van der Waals surface area contributed by atoms with Crippen molar-refractivity contribution in [3.05, 3.63) is 75.6 Å². The molecule has 0 spiro atoms. The summed E-state index contributed by atoms with van der Waals surface area (Å²) in [5, 5.41) is 10.0. The SMILES string of the molecule is Cc1cccc(/C=C2\S/C(=N/c3nnc(C)s3)N(c3ccccc3)C2=O)c1. The summed E-state index contributed by atoms with van der Waals surface area (Å²) in [7, 11) is 0. The van der Waals surface area contributed by atoms with Crippen LogP contribution in [-0.4, -0.2) is 21.3 Å². The van der Waals surface area contributed by atoms with Crippen molar-refractivity contribution >= 4 is 51.1 Å². The Labute approximate surface area is 165 Å². The highest BCUT2D eigenvalue weighted by Gasteiger charge is 2.35. The van der Waals surface area contributed by atoms with Crippen LogP contribution in [0.4, 0.5) is 10.8 Å². The van der Waals surface area contributed by atoms with Gasteiger partial charge in [-0.15, -0.1) is 10.2 Å². The zero-order chi connectivity index (χ0) is 18.8. The summed E-state index contributed by atoms with van der Waals surface area (Å²) in [6, 6.07) is 17.6. The number of aryl methyl sites for hydroxylation is 2. The van der Waals surface area contributed by atoms with Crippen molar-refractivity contribution in [1.82, 2.24) is 10.2 Å². The maximum Gasteiger partial charge on any atom is 0.271 e. The van der Waals surface area contributed by atoms with E-state index < -0.39 is 0 Å². The Morgan fingerprint density at radius 2 is 1.85 bits per heavy atom. The summed E-state index contributed by atoms with van der Waals surface area (Å²) in [6.07, 6.45) is 1.91. The molecule has 0 bridgehead atoms. The lowest BCUT2D eigenvalue weighted by molar-refractivity contribution is -0.113. The van der Waals surface area contributed by atoms with Gasteiger partial charge in [-0.2, -0.15) is 4.99 Å². The standard InChI is InChI=1S/C20H16N4OS2/c1-13-7-6-8-15(11-13)12-17-18(25)24(16-9-4-3-5-10-16)20(27-17)21-19-23-22-14(2)26-19/h3-12H,1-2H3/b17-12-,21-20+. The number of rotatable bonds is 3. The fraction of sp³-hybridized carbons (Fsp3) is 0.100. The molecule has 0 atom stereocenters. The largest absolute Gasteiger partial charge is 0.271 e. The van der Waals surface area contributed by atoms with Gasteiger partial charge in [0.25, 0.3) is 5.91 Å². The van der Waals surface area contributed by atoms with E-state index in [1.807, 2.05) is 68.5 Å². The average molecular weight is 393 g/mol. The first-order valence-corrected chi connectivity index (χ1v) is 9.98. The van der Waals surface area contributed by atoms with Gasteiger partial charge in [0.15, 0.2) is 5.17 Å². The van der Waals surface area contributed by atoms with Crippen molar-refractivity contribution in [3.63, 3.8) is 0 Å². The van der Waals surface area contributed by atoms with Gasteiger partial charge in [-0.1, -0.05) is 59.4 Å². The van der Waals surface area contributed by atoms with Crippen LogP contribution < -0.4 is 4.90 Å². The molecule has 1 aliphatic rings. The molecule has 0 saturated carbocycles. The van der Waals surface area contributed by atoms with E-state index in [4.69, 9.17) is 0 Å². The van der Waals surface area contributed by atoms with Gasteiger partial charge in [0, 0.05) is 0 Å². The Kier molecular flexibility index (Phi) is 4.87. The van der Waals surface area contributed by atoms with E-state index >= 15 is 0 Å². The Bertz CT molecular complexity index is 1060. The maximum absolute atomic E-state index is 13.1. The number of thioether (sulfide) groups is 1. The summed E-state index contributed by atoms with van der Waals surface area (Å²) in [5.41, 5.74) is 2.92. The molecule has 1 aromatic heterocycles. The molecule has 3 aromatic rings. The van der Waals surface area contributed by atoms with Crippen LogP contribution in [0.15, 0.2) is 64.5 Å². The van der Waals surface area contributed by atoms with Crippen LogP contribution in [0.3, 0.4) is 0 Å². The third kappa shape index (κ3) is 3.84. The number of anilines is 1. The number of amides is 1. The molecule has 134 valence electrons. The van der Waals surface area contributed by atoms with Crippen LogP contribution in [0.5, 0.6) is 0 Å². The molecule has 1 aliphatic heterocycles. The number of para-hydroxylation sites is 1. The zero-order valence-corrected chi connectivity index (χ0v) is 16.4. The first-order chi connectivity index (χ1) is 13.1. The predicted molar refractivity (Wildman–Crippen MR) is 112 cm³/mol. The quantitative estimate of drug-likeness (QED) is 0.591. The minimum Gasteiger partial charge on any atom is -0.268 e. The smallest absolute Gasteiger partial charge is 0.268 e. The number of nitrogens with zero attached hydrogens (tertiary/aromatic N) is 4. The normalized spacial score (nSPS) is 17.3. The van der Waals surface area contributed by atoms with Gasteiger partial charge in [-0.05, 0) is 49.4 Å². The Morgan fingerprint density at radius 3 is 2.56 bits per heavy atom. The van der Waals surface area contributed by atoms with Crippen LogP contribution >= 0.6 is 23.1 Å². The molecular formula is C20H16N4OS2. The number of carbonyl (C=O) groups is 1. The number of amidine groups is 1. The zero-order valence-electron chi connectivity index (χ0n) is 14.8. The second-order valence-corrected chi connectivity index (χ2v) is 8.17. The summed E-state index contributed by atoms with van der Waals surface area (Å²) in [4.78, 5) is 20.0. The second kappa shape index (κ2) is 7.46. The summed E-state index contributed by atoms with van der Waals surface area (Å²) in [5.74, 6) is -0.0901. The number of aromatic nitrogens is 2. The van der Waals surface area contributed by atoms with Crippen LogP contribution in [-0.2, 0) is 4.79 Å². The highest BCUT2D eigenvalue weighted by atomic mass is 32.2. The molecule has 7 heteroatoms. The van der Waals surface area contributed by atoms with E-state index in [0.717, 1.165) is 21.8 Å². The van der Waals surface area contributed by atoms with Crippen LogP contribution in [0.25, 0.3) is 6.08 Å². The molecule has 2 heterocycles. The van der Waals surface area contributed by atoms with Gasteiger partial charge in [-0.3, -0.25) is 9.69 Å². The third-order valence-electron chi connectivity index (χ3n) is 3.87. The van der Waals surface area contributed by atoms with Crippen molar-refractivity contribution in [2.45, 2.75) is 13.8 Å². The minimum absolute atomic E-state index is 0.0901. The Hall–Kier alpha value is -2.77.